The zero-order valence-corrected chi connectivity index (χ0v) is 16.5. The molecule has 0 radical (unpaired) electrons. The number of hydrogen-bond acceptors (Lipinski definition) is 4. The standard InChI is InChI=1S/C21H26FN3O4/c1-14(2)12-23-7-9-24(10-8-23)20(21(28)29)17-13-25(6-5-19(26)27)18-11-15(22)3-4-16(17)18/h3-4,11,13,20H,1,5-10,12H2,2H3,(H,26,27)(H,28,29)/t20-/m0/s1. The van der Waals surface area contributed by atoms with E-state index in [0.717, 1.165) is 25.2 Å². The first kappa shape index (κ1) is 21.0. The van der Waals surface area contributed by atoms with Crippen LogP contribution in [0, 0.1) is 5.82 Å². The fourth-order valence-electron chi connectivity index (χ4n) is 3.96. The fourth-order valence-corrected chi connectivity index (χ4v) is 3.96. The number of halogens is 1. The maximum Gasteiger partial charge on any atom is 0.325 e. The molecule has 1 aliphatic heterocycles. The Hall–Kier alpha value is -2.71. The van der Waals surface area contributed by atoms with E-state index in [4.69, 9.17) is 5.11 Å². The summed E-state index contributed by atoms with van der Waals surface area (Å²) in [5, 5.41) is 19.6. The van der Waals surface area contributed by atoms with E-state index in [9.17, 15) is 19.1 Å². The molecule has 8 heteroatoms. The molecule has 1 fully saturated rings. The van der Waals surface area contributed by atoms with Crippen molar-refractivity contribution in [1.82, 2.24) is 14.4 Å². The van der Waals surface area contributed by atoms with E-state index < -0.39 is 23.8 Å². The lowest BCUT2D eigenvalue weighted by atomic mass is 10.0. The quantitative estimate of drug-likeness (QED) is 0.659. The third kappa shape index (κ3) is 4.83. The minimum absolute atomic E-state index is 0.128. The number of benzene rings is 1. The number of piperazine rings is 1. The molecule has 156 valence electrons. The molecule has 1 aromatic carbocycles. The third-order valence-electron chi connectivity index (χ3n) is 5.24. The monoisotopic (exact) mass is 403 g/mol. The van der Waals surface area contributed by atoms with Crippen molar-refractivity contribution in [2.24, 2.45) is 0 Å². The Balaban J connectivity index is 1.92. The number of aliphatic carboxylic acids is 2. The molecule has 1 saturated heterocycles. The molecule has 0 saturated carbocycles. The van der Waals surface area contributed by atoms with Crippen LogP contribution < -0.4 is 0 Å². The van der Waals surface area contributed by atoms with Crippen LogP contribution in [0.2, 0.25) is 0 Å². The van der Waals surface area contributed by atoms with E-state index in [-0.39, 0.29) is 13.0 Å². The predicted molar refractivity (Wildman–Crippen MR) is 107 cm³/mol. The van der Waals surface area contributed by atoms with E-state index in [1.54, 1.807) is 16.8 Å². The van der Waals surface area contributed by atoms with Crippen LogP contribution in [0.5, 0.6) is 0 Å². The molecule has 0 amide bonds. The van der Waals surface area contributed by atoms with Crippen LogP contribution in [0.1, 0.15) is 24.9 Å². The van der Waals surface area contributed by atoms with Crippen molar-refractivity contribution < 1.29 is 24.2 Å². The van der Waals surface area contributed by atoms with Crippen molar-refractivity contribution in [3.63, 3.8) is 0 Å². The van der Waals surface area contributed by atoms with Crippen molar-refractivity contribution in [3.8, 4) is 0 Å². The topological polar surface area (TPSA) is 86.0 Å². The number of hydrogen-bond donors (Lipinski definition) is 2. The van der Waals surface area contributed by atoms with Crippen LogP contribution in [-0.2, 0) is 16.1 Å². The van der Waals surface area contributed by atoms with Gasteiger partial charge in [-0.3, -0.25) is 19.4 Å². The lowest BCUT2D eigenvalue weighted by Crippen LogP contribution is -2.49. The number of aromatic nitrogens is 1. The summed E-state index contributed by atoms with van der Waals surface area (Å²) in [6.07, 6.45) is 1.53. The second kappa shape index (κ2) is 8.75. The highest BCUT2D eigenvalue weighted by Gasteiger charge is 2.32. The van der Waals surface area contributed by atoms with Crippen molar-refractivity contribution in [3.05, 3.63) is 47.9 Å². The van der Waals surface area contributed by atoms with E-state index in [1.807, 2.05) is 11.8 Å². The van der Waals surface area contributed by atoms with Gasteiger partial charge in [-0.1, -0.05) is 12.2 Å². The summed E-state index contributed by atoms with van der Waals surface area (Å²) in [7, 11) is 0. The van der Waals surface area contributed by atoms with Crippen LogP contribution in [0.3, 0.4) is 0 Å². The number of fused-ring (bicyclic) bond motifs is 1. The number of carboxylic acid groups (broad SMARTS) is 2. The number of carbonyl (C=O) groups is 2. The van der Waals surface area contributed by atoms with Crippen molar-refractivity contribution >= 4 is 22.8 Å². The number of carboxylic acids is 2. The summed E-state index contributed by atoms with van der Waals surface area (Å²) >= 11 is 0. The Bertz CT molecular complexity index is 931. The highest BCUT2D eigenvalue weighted by molar-refractivity contribution is 5.90. The Morgan fingerprint density at radius 3 is 2.48 bits per heavy atom. The molecule has 0 unspecified atom stereocenters. The van der Waals surface area contributed by atoms with Gasteiger partial charge in [-0.2, -0.15) is 0 Å². The molecule has 29 heavy (non-hydrogen) atoms. The molecule has 0 bridgehead atoms. The number of rotatable bonds is 8. The Kier molecular flexibility index (Phi) is 6.34. The van der Waals surface area contributed by atoms with Crippen molar-refractivity contribution in [2.75, 3.05) is 32.7 Å². The van der Waals surface area contributed by atoms with Gasteiger partial charge in [-0.25, -0.2) is 4.39 Å². The van der Waals surface area contributed by atoms with Gasteiger partial charge >= 0.3 is 11.9 Å². The highest BCUT2D eigenvalue weighted by Crippen LogP contribution is 2.32. The van der Waals surface area contributed by atoms with Crippen LogP contribution in [0.15, 0.2) is 36.5 Å². The molecule has 2 N–H and O–H groups in total. The number of nitrogens with zero attached hydrogens (tertiary/aromatic N) is 3. The maximum absolute atomic E-state index is 13.8. The van der Waals surface area contributed by atoms with E-state index in [2.05, 4.69) is 11.5 Å². The van der Waals surface area contributed by atoms with Gasteiger partial charge in [-0.05, 0) is 25.1 Å². The molecule has 0 spiro atoms. The van der Waals surface area contributed by atoms with Gasteiger partial charge in [0.25, 0.3) is 0 Å². The zero-order chi connectivity index (χ0) is 21.1. The largest absolute Gasteiger partial charge is 0.481 e. The molecule has 2 aromatic rings. The normalized spacial score (nSPS) is 16.8. The van der Waals surface area contributed by atoms with Crippen molar-refractivity contribution in [1.29, 1.82) is 0 Å². The minimum Gasteiger partial charge on any atom is -0.481 e. The molecule has 1 aromatic heterocycles. The Labute approximate surface area is 168 Å². The summed E-state index contributed by atoms with van der Waals surface area (Å²) in [4.78, 5) is 27.3. The van der Waals surface area contributed by atoms with Gasteiger partial charge < -0.3 is 14.8 Å². The van der Waals surface area contributed by atoms with Crippen LogP contribution in [0.25, 0.3) is 10.9 Å². The molecule has 7 nitrogen and oxygen atoms in total. The second-order valence-electron chi connectivity index (χ2n) is 7.59. The lowest BCUT2D eigenvalue weighted by Gasteiger charge is -2.37. The SMILES string of the molecule is C=C(C)CN1CCN([C@H](C(=O)O)c2cn(CCC(=O)O)c3cc(F)ccc23)CC1. The smallest absolute Gasteiger partial charge is 0.325 e. The van der Waals surface area contributed by atoms with Crippen molar-refractivity contribution in [2.45, 2.75) is 25.9 Å². The molecular formula is C21H26FN3O4. The van der Waals surface area contributed by atoms with E-state index in [1.165, 1.54) is 12.1 Å². The van der Waals surface area contributed by atoms with Gasteiger partial charge in [0.2, 0.25) is 0 Å². The molecule has 0 aliphatic carbocycles. The van der Waals surface area contributed by atoms with E-state index in [0.29, 0.717) is 29.6 Å². The summed E-state index contributed by atoms with van der Waals surface area (Å²) in [6, 6.07) is 3.33. The lowest BCUT2D eigenvalue weighted by molar-refractivity contribution is -0.144. The Morgan fingerprint density at radius 2 is 1.90 bits per heavy atom. The molecule has 1 aliphatic rings. The first-order chi connectivity index (χ1) is 13.8. The van der Waals surface area contributed by atoms with Gasteiger partial charge in [0.05, 0.1) is 11.9 Å². The Morgan fingerprint density at radius 1 is 1.21 bits per heavy atom. The van der Waals surface area contributed by atoms with Crippen LogP contribution >= 0.6 is 0 Å². The summed E-state index contributed by atoms with van der Waals surface area (Å²) in [5.41, 5.74) is 2.14. The predicted octanol–water partition coefficient (Wildman–Crippen LogP) is 2.57. The van der Waals surface area contributed by atoms with Gasteiger partial charge in [0.15, 0.2) is 0 Å². The first-order valence-corrected chi connectivity index (χ1v) is 9.60. The average molecular weight is 403 g/mol. The first-order valence-electron chi connectivity index (χ1n) is 9.60. The van der Waals surface area contributed by atoms with Crippen LogP contribution in [-0.4, -0.2) is 69.2 Å². The highest BCUT2D eigenvalue weighted by atomic mass is 19.1. The summed E-state index contributed by atoms with van der Waals surface area (Å²) in [5.74, 6) is -2.38. The fraction of sp³-hybridized carbons (Fsp3) is 0.429. The summed E-state index contributed by atoms with van der Waals surface area (Å²) < 4.78 is 15.5. The molecule has 3 rings (SSSR count). The van der Waals surface area contributed by atoms with Crippen LogP contribution in [0.4, 0.5) is 4.39 Å². The van der Waals surface area contributed by atoms with E-state index >= 15 is 0 Å². The summed E-state index contributed by atoms with van der Waals surface area (Å²) in [6.45, 7) is 9.50. The maximum atomic E-state index is 13.8. The molecule has 1 atom stereocenters. The van der Waals surface area contributed by atoms with Gasteiger partial charge in [-0.15, -0.1) is 0 Å². The minimum atomic E-state index is -0.972. The van der Waals surface area contributed by atoms with Gasteiger partial charge in [0.1, 0.15) is 11.9 Å². The van der Waals surface area contributed by atoms with Gasteiger partial charge in [0, 0.05) is 56.4 Å². The zero-order valence-electron chi connectivity index (χ0n) is 16.5. The second-order valence-corrected chi connectivity index (χ2v) is 7.59. The molecule has 2 heterocycles. The third-order valence-corrected chi connectivity index (χ3v) is 5.24. The average Bonchev–Trinajstić information content (AvgIpc) is 2.98. The molecular weight excluding hydrogens is 377 g/mol. The number of aryl methyl sites for hydroxylation is 1.